The highest BCUT2D eigenvalue weighted by Crippen LogP contribution is 2.21. The van der Waals surface area contributed by atoms with E-state index in [0.717, 1.165) is 0 Å². The average molecular weight is 317 g/mol. The summed E-state index contributed by atoms with van der Waals surface area (Å²) in [6, 6.07) is 7.04. The quantitative estimate of drug-likeness (QED) is 0.749. The fourth-order valence-electron chi connectivity index (χ4n) is 1.17. The van der Waals surface area contributed by atoms with Gasteiger partial charge in [-0.25, -0.2) is 0 Å². The van der Waals surface area contributed by atoms with Crippen molar-refractivity contribution in [2.45, 2.75) is 11.8 Å². The van der Waals surface area contributed by atoms with Gasteiger partial charge < -0.3 is 9.15 Å². The number of benzene rings is 1. The van der Waals surface area contributed by atoms with E-state index in [-0.39, 0.29) is 6.61 Å². The van der Waals surface area contributed by atoms with Crippen LogP contribution in [0.1, 0.15) is 5.89 Å². The van der Waals surface area contributed by atoms with Crippen molar-refractivity contribution >= 4 is 35.0 Å². The van der Waals surface area contributed by atoms with Gasteiger partial charge >= 0.3 is 0 Å². The lowest BCUT2D eigenvalue weighted by Gasteiger charge is -2.02. The molecule has 2 aromatic rings. The predicted octanol–water partition coefficient (Wildman–Crippen LogP) is 4.15. The second kappa shape index (κ2) is 6.84. The minimum Gasteiger partial charge on any atom is -0.484 e. The second-order valence-electron chi connectivity index (χ2n) is 3.51. The van der Waals surface area contributed by atoms with E-state index in [4.69, 9.17) is 32.4 Å². The number of halogens is 2. The van der Waals surface area contributed by atoms with Crippen molar-refractivity contribution in [1.29, 1.82) is 0 Å². The van der Waals surface area contributed by atoms with Gasteiger partial charge in [0.2, 0.25) is 0 Å². The lowest BCUT2D eigenvalue weighted by atomic mass is 10.3. The Bertz CT molecular complexity index is 557. The van der Waals surface area contributed by atoms with Gasteiger partial charge in [-0.2, -0.15) is 0 Å². The van der Waals surface area contributed by atoms with Crippen molar-refractivity contribution in [2.75, 3.05) is 5.75 Å². The van der Waals surface area contributed by atoms with E-state index in [9.17, 15) is 0 Å². The molecule has 0 aliphatic rings. The molecular formula is C12H10Cl2N2O2S. The molecule has 1 aromatic carbocycles. The van der Waals surface area contributed by atoms with Crippen LogP contribution in [0.25, 0.3) is 0 Å². The van der Waals surface area contributed by atoms with Gasteiger partial charge in [-0.1, -0.05) is 41.5 Å². The number of nitrogens with zero attached hydrogens (tertiary/aromatic N) is 2. The summed E-state index contributed by atoms with van der Waals surface area (Å²) in [5.74, 6) is 1.62. The summed E-state index contributed by atoms with van der Waals surface area (Å²) in [4.78, 5) is 0. The molecule has 0 saturated heterocycles. The summed E-state index contributed by atoms with van der Waals surface area (Å²) >= 11 is 12.8. The standard InChI is InChI=1S/C12H10Cl2N2O2S/c1-8(13)7-19-12-16-15-11(18-12)6-17-10-4-2-9(14)3-5-10/h2-5H,1,6-7H2. The van der Waals surface area contributed by atoms with Crippen LogP contribution in [0, 0.1) is 0 Å². The molecule has 0 spiro atoms. The molecule has 100 valence electrons. The van der Waals surface area contributed by atoms with Crippen LogP contribution in [0.3, 0.4) is 0 Å². The molecule has 0 bridgehead atoms. The molecule has 0 N–H and O–H groups in total. The van der Waals surface area contributed by atoms with E-state index in [1.807, 2.05) is 0 Å². The first kappa shape index (κ1) is 14.2. The van der Waals surface area contributed by atoms with Gasteiger partial charge in [-0.15, -0.1) is 10.2 Å². The highest BCUT2D eigenvalue weighted by Gasteiger charge is 2.07. The van der Waals surface area contributed by atoms with Gasteiger partial charge in [-0.05, 0) is 24.3 Å². The SMILES string of the molecule is C=C(Cl)CSc1nnc(COc2ccc(Cl)cc2)o1. The zero-order valence-corrected chi connectivity index (χ0v) is 12.1. The molecule has 0 aliphatic carbocycles. The Balaban J connectivity index is 1.86. The minimum absolute atomic E-state index is 0.205. The first-order chi connectivity index (χ1) is 9.13. The van der Waals surface area contributed by atoms with Gasteiger partial charge in [0.05, 0.1) is 0 Å². The Hall–Kier alpha value is -1.17. The summed E-state index contributed by atoms with van der Waals surface area (Å²) in [5, 5.41) is 9.35. The lowest BCUT2D eigenvalue weighted by Crippen LogP contribution is -1.95. The Morgan fingerprint density at radius 1 is 1.32 bits per heavy atom. The van der Waals surface area contributed by atoms with Gasteiger partial charge in [0.15, 0.2) is 6.61 Å². The van der Waals surface area contributed by atoms with Gasteiger partial charge in [0.25, 0.3) is 11.1 Å². The molecule has 0 radical (unpaired) electrons. The molecular weight excluding hydrogens is 307 g/mol. The van der Waals surface area contributed by atoms with E-state index >= 15 is 0 Å². The lowest BCUT2D eigenvalue weighted by molar-refractivity contribution is 0.252. The zero-order valence-electron chi connectivity index (χ0n) is 9.81. The zero-order chi connectivity index (χ0) is 13.7. The third kappa shape index (κ3) is 4.78. The van der Waals surface area contributed by atoms with E-state index in [1.165, 1.54) is 11.8 Å². The summed E-state index contributed by atoms with van der Waals surface area (Å²) in [6.07, 6.45) is 0. The average Bonchev–Trinajstić information content (AvgIpc) is 2.84. The van der Waals surface area contributed by atoms with Gasteiger partial charge in [0.1, 0.15) is 5.75 Å². The topological polar surface area (TPSA) is 48.2 Å². The molecule has 0 aliphatic heterocycles. The largest absolute Gasteiger partial charge is 0.484 e. The molecule has 2 rings (SSSR count). The molecule has 7 heteroatoms. The number of hydrogen-bond donors (Lipinski definition) is 0. The molecule has 1 aromatic heterocycles. The van der Waals surface area contributed by atoms with Crippen LogP contribution in [0.5, 0.6) is 5.75 Å². The predicted molar refractivity (Wildman–Crippen MR) is 75.8 cm³/mol. The number of aromatic nitrogens is 2. The van der Waals surface area contributed by atoms with Crippen LogP contribution in [-0.4, -0.2) is 16.0 Å². The maximum absolute atomic E-state index is 5.78. The monoisotopic (exact) mass is 316 g/mol. The van der Waals surface area contributed by atoms with E-state index in [0.29, 0.717) is 32.7 Å². The fourth-order valence-corrected chi connectivity index (χ4v) is 1.99. The van der Waals surface area contributed by atoms with E-state index in [1.54, 1.807) is 24.3 Å². The third-order valence-electron chi connectivity index (χ3n) is 1.98. The van der Waals surface area contributed by atoms with Crippen LogP contribution >= 0.6 is 35.0 Å². The Morgan fingerprint density at radius 2 is 2.05 bits per heavy atom. The minimum atomic E-state index is 0.205. The molecule has 4 nitrogen and oxygen atoms in total. The van der Waals surface area contributed by atoms with Gasteiger partial charge in [0, 0.05) is 15.8 Å². The highest BCUT2D eigenvalue weighted by atomic mass is 35.5. The maximum atomic E-state index is 5.78. The van der Waals surface area contributed by atoms with Crippen molar-refractivity contribution in [3.8, 4) is 5.75 Å². The molecule has 0 atom stereocenters. The molecule has 0 amide bonds. The Labute approximate surface area is 124 Å². The highest BCUT2D eigenvalue weighted by molar-refractivity contribution is 7.99. The van der Waals surface area contributed by atoms with Crippen molar-refractivity contribution in [2.24, 2.45) is 0 Å². The van der Waals surface area contributed by atoms with Crippen molar-refractivity contribution in [3.63, 3.8) is 0 Å². The first-order valence-corrected chi connectivity index (χ1v) is 7.04. The maximum Gasteiger partial charge on any atom is 0.277 e. The summed E-state index contributed by atoms with van der Waals surface area (Å²) < 4.78 is 10.8. The molecule has 0 saturated carbocycles. The number of hydrogen-bond acceptors (Lipinski definition) is 5. The van der Waals surface area contributed by atoms with Crippen molar-refractivity contribution in [3.05, 3.63) is 46.8 Å². The van der Waals surface area contributed by atoms with Crippen LogP contribution in [-0.2, 0) is 6.61 Å². The second-order valence-corrected chi connectivity index (χ2v) is 5.41. The van der Waals surface area contributed by atoms with Crippen LogP contribution in [0.15, 0.2) is 45.5 Å². The molecule has 1 heterocycles. The number of rotatable bonds is 6. The van der Waals surface area contributed by atoms with E-state index in [2.05, 4.69) is 16.8 Å². The third-order valence-corrected chi connectivity index (χ3v) is 3.43. The van der Waals surface area contributed by atoms with E-state index < -0.39 is 0 Å². The number of thioether (sulfide) groups is 1. The fraction of sp³-hybridized carbons (Fsp3) is 0.167. The summed E-state index contributed by atoms with van der Waals surface area (Å²) in [7, 11) is 0. The molecule has 0 fully saturated rings. The van der Waals surface area contributed by atoms with Crippen LogP contribution in [0.4, 0.5) is 0 Å². The van der Waals surface area contributed by atoms with Crippen molar-refractivity contribution in [1.82, 2.24) is 10.2 Å². The van der Waals surface area contributed by atoms with Crippen molar-refractivity contribution < 1.29 is 9.15 Å². The van der Waals surface area contributed by atoms with Gasteiger partial charge in [-0.3, -0.25) is 0 Å². The Morgan fingerprint density at radius 3 is 2.74 bits per heavy atom. The normalized spacial score (nSPS) is 10.4. The van der Waals surface area contributed by atoms with Crippen LogP contribution in [0.2, 0.25) is 5.02 Å². The van der Waals surface area contributed by atoms with Crippen LogP contribution < -0.4 is 4.74 Å². The Kier molecular flexibility index (Phi) is 5.13. The summed E-state index contributed by atoms with van der Waals surface area (Å²) in [5.41, 5.74) is 0. The number of ether oxygens (including phenoxy) is 1. The smallest absolute Gasteiger partial charge is 0.277 e. The first-order valence-electron chi connectivity index (χ1n) is 5.30. The molecule has 0 unspecified atom stereocenters. The molecule has 19 heavy (non-hydrogen) atoms. The summed E-state index contributed by atoms with van der Waals surface area (Å²) in [6.45, 7) is 3.78.